The SMILES string of the molecule is Cc1cccnc1CNC(=O)[C@H]1CCN[C@@H](C)C1.Cl. The van der Waals surface area contributed by atoms with E-state index in [1.807, 2.05) is 19.1 Å². The lowest BCUT2D eigenvalue weighted by atomic mass is 9.92. The molecule has 2 atom stereocenters. The fourth-order valence-electron chi connectivity index (χ4n) is 2.39. The number of aryl methyl sites for hydroxylation is 1. The average Bonchev–Trinajstić information content (AvgIpc) is 2.37. The van der Waals surface area contributed by atoms with Crippen LogP contribution in [0.1, 0.15) is 31.0 Å². The summed E-state index contributed by atoms with van der Waals surface area (Å²) in [4.78, 5) is 16.3. The molecule has 0 spiro atoms. The highest BCUT2D eigenvalue weighted by Gasteiger charge is 2.24. The van der Waals surface area contributed by atoms with Crippen molar-refractivity contribution in [2.24, 2.45) is 5.92 Å². The summed E-state index contributed by atoms with van der Waals surface area (Å²) in [5.41, 5.74) is 2.07. The molecule has 1 amide bonds. The fourth-order valence-corrected chi connectivity index (χ4v) is 2.39. The van der Waals surface area contributed by atoms with Gasteiger partial charge in [0, 0.05) is 18.2 Å². The number of nitrogens with zero attached hydrogens (tertiary/aromatic N) is 1. The van der Waals surface area contributed by atoms with Crippen LogP contribution in [-0.4, -0.2) is 23.5 Å². The molecule has 1 aliphatic rings. The maximum atomic E-state index is 12.1. The van der Waals surface area contributed by atoms with Crippen LogP contribution in [0.4, 0.5) is 0 Å². The van der Waals surface area contributed by atoms with Gasteiger partial charge in [0.25, 0.3) is 0 Å². The second kappa shape index (κ2) is 7.46. The van der Waals surface area contributed by atoms with E-state index in [1.54, 1.807) is 6.20 Å². The van der Waals surface area contributed by atoms with Crippen LogP contribution < -0.4 is 10.6 Å². The van der Waals surface area contributed by atoms with E-state index < -0.39 is 0 Å². The first-order chi connectivity index (χ1) is 8.66. The predicted octanol–water partition coefficient (Wildman–Crippen LogP) is 1.82. The van der Waals surface area contributed by atoms with Crippen molar-refractivity contribution in [3.8, 4) is 0 Å². The number of carbonyl (C=O) groups excluding carboxylic acids is 1. The van der Waals surface area contributed by atoms with Crippen molar-refractivity contribution in [1.29, 1.82) is 0 Å². The van der Waals surface area contributed by atoms with Crippen LogP contribution in [0.2, 0.25) is 0 Å². The minimum Gasteiger partial charge on any atom is -0.350 e. The van der Waals surface area contributed by atoms with Crippen LogP contribution in [-0.2, 0) is 11.3 Å². The maximum Gasteiger partial charge on any atom is 0.223 e. The smallest absolute Gasteiger partial charge is 0.223 e. The molecule has 0 saturated carbocycles. The molecule has 1 aliphatic heterocycles. The third kappa shape index (κ3) is 4.48. The highest BCUT2D eigenvalue weighted by molar-refractivity contribution is 5.85. The van der Waals surface area contributed by atoms with Gasteiger partial charge in [-0.15, -0.1) is 12.4 Å². The largest absolute Gasteiger partial charge is 0.350 e. The zero-order valence-electron chi connectivity index (χ0n) is 11.5. The van der Waals surface area contributed by atoms with Crippen molar-refractivity contribution in [2.45, 2.75) is 39.3 Å². The highest BCUT2D eigenvalue weighted by Crippen LogP contribution is 2.16. The van der Waals surface area contributed by atoms with Crippen LogP contribution in [0, 0.1) is 12.8 Å². The predicted molar refractivity (Wildman–Crippen MR) is 78.3 cm³/mol. The van der Waals surface area contributed by atoms with Crippen molar-refractivity contribution in [3.63, 3.8) is 0 Å². The number of hydrogen-bond donors (Lipinski definition) is 2. The molecule has 19 heavy (non-hydrogen) atoms. The molecule has 2 heterocycles. The number of aromatic nitrogens is 1. The third-order valence-electron chi connectivity index (χ3n) is 3.54. The molecular formula is C14H22ClN3O. The summed E-state index contributed by atoms with van der Waals surface area (Å²) in [5.74, 6) is 0.304. The van der Waals surface area contributed by atoms with Crippen molar-refractivity contribution >= 4 is 18.3 Å². The van der Waals surface area contributed by atoms with E-state index in [4.69, 9.17) is 0 Å². The Bertz CT molecular complexity index is 425. The van der Waals surface area contributed by atoms with Crippen LogP contribution >= 0.6 is 12.4 Å². The van der Waals surface area contributed by atoms with Gasteiger partial charge in [-0.1, -0.05) is 6.07 Å². The van der Waals surface area contributed by atoms with Gasteiger partial charge in [-0.3, -0.25) is 9.78 Å². The Morgan fingerprint density at radius 2 is 2.37 bits per heavy atom. The molecule has 106 valence electrons. The Morgan fingerprint density at radius 1 is 1.58 bits per heavy atom. The number of amides is 1. The molecule has 4 nitrogen and oxygen atoms in total. The summed E-state index contributed by atoms with van der Waals surface area (Å²) in [6.45, 7) is 5.61. The Balaban J connectivity index is 0.00000180. The summed E-state index contributed by atoms with van der Waals surface area (Å²) in [6.07, 6.45) is 3.62. The minimum absolute atomic E-state index is 0. The third-order valence-corrected chi connectivity index (χ3v) is 3.54. The Hall–Kier alpha value is -1.13. The Morgan fingerprint density at radius 3 is 3.05 bits per heavy atom. The van der Waals surface area contributed by atoms with E-state index >= 15 is 0 Å². The van der Waals surface area contributed by atoms with E-state index in [0.717, 1.165) is 30.6 Å². The van der Waals surface area contributed by atoms with Gasteiger partial charge in [0.2, 0.25) is 5.91 Å². The number of nitrogens with one attached hydrogen (secondary N) is 2. The number of carbonyl (C=O) groups is 1. The van der Waals surface area contributed by atoms with Crippen LogP contribution in [0.5, 0.6) is 0 Å². The zero-order chi connectivity index (χ0) is 13.0. The van der Waals surface area contributed by atoms with Gasteiger partial charge < -0.3 is 10.6 Å². The van der Waals surface area contributed by atoms with E-state index in [0.29, 0.717) is 12.6 Å². The minimum atomic E-state index is 0. The zero-order valence-corrected chi connectivity index (χ0v) is 12.3. The fraction of sp³-hybridized carbons (Fsp3) is 0.571. The molecule has 2 rings (SSSR count). The van der Waals surface area contributed by atoms with Gasteiger partial charge in [-0.05, 0) is 44.9 Å². The molecule has 1 aromatic rings. The summed E-state index contributed by atoms with van der Waals surface area (Å²) in [5, 5.41) is 6.36. The van der Waals surface area contributed by atoms with Gasteiger partial charge in [0.15, 0.2) is 0 Å². The van der Waals surface area contributed by atoms with Gasteiger partial charge in [0.1, 0.15) is 0 Å². The molecule has 2 N–H and O–H groups in total. The van der Waals surface area contributed by atoms with Crippen LogP contribution in [0.25, 0.3) is 0 Å². The van der Waals surface area contributed by atoms with Crippen LogP contribution in [0.3, 0.4) is 0 Å². The van der Waals surface area contributed by atoms with Gasteiger partial charge in [-0.25, -0.2) is 0 Å². The quantitative estimate of drug-likeness (QED) is 0.890. The first-order valence-corrected chi connectivity index (χ1v) is 6.58. The number of hydrogen-bond acceptors (Lipinski definition) is 3. The summed E-state index contributed by atoms with van der Waals surface area (Å²) in [7, 11) is 0. The first kappa shape index (κ1) is 15.9. The van der Waals surface area contributed by atoms with Crippen molar-refractivity contribution in [2.75, 3.05) is 6.54 Å². The number of rotatable bonds is 3. The summed E-state index contributed by atoms with van der Waals surface area (Å²) >= 11 is 0. The van der Waals surface area contributed by atoms with Crippen LogP contribution in [0.15, 0.2) is 18.3 Å². The molecule has 5 heteroatoms. The number of halogens is 1. The summed E-state index contributed by atoms with van der Waals surface area (Å²) < 4.78 is 0. The van der Waals surface area contributed by atoms with E-state index in [2.05, 4.69) is 22.5 Å². The Labute approximate surface area is 120 Å². The molecule has 1 saturated heterocycles. The number of piperidine rings is 1. The molecule has 0 bridgehead atoms. The summed E-state index contributed by atoms with van der Waals surface area (Å²) in [6, 6.07) is 4.36. The van der Waals surface area contributed by atoms with Crippen molar-refractivity contribution < 1.29 is 4.79 Å². The highest BCUT2D eigenvalue weighted by atomic mass is 35.5. The second-order valence-corrected chi connectivity index (χ2v) is 5.06. The Kier molecular flexibility index (Phi) is 6.25. The molecular weight excluding hydrogens is 262 g/mol. The lowest BCUT2D eigenvalue weighted by Gasteiger charge is -2.27. The topological polar surface area (TPSA) is 54.0 Å². The standard InChI is InChI=1S/C14H21N3O.ClH/c1-10-4-3-6-16-13(10)9-17-14(18)12-5-7-15-11(2)8-12;/h3-4,6,11-12,15H,5,7-9H2,1-2H3,(H,17,18);1H/t11-,12-;/m0./s1. The second-order valence-electron chi connectivity index (χ2n) is 5.06. The van der Waals surface area contributed by atoms with Gasteiger partial charge in [0.05, 0.1) is 12.2 Å². The molecule has 1 aromatic heterocycles. The molecule has 0 unspecified atom stereocenters. The first-order valence-electron chi connectivity index (χ1n) is 6.58. The molecule has 0 aromatic carbocycles. The van der Waals surface area contributed by atoms with E-state index in [1.165, 1.54) is 0 Å². The molecule has 0 radical (unpaired) electrons. The number of pyridine rings is 1. The lowest BCUT2D eigenvalue weighted by Crippen LogP contribution is -2.42. The van der Waals surface area contributed by atoms with Crippen molar-refractivity contribution in [1.82, 2.24) is 15.6 Å². The lowest BCUT2D eigenvalue weighted by molar-refractivity contribution is -0.126. The van der Waals surface area contributed by atoms with Crippen molar-refractivity contribution in [3.05, 3.63) is 29.6 Å². The van der Waals surface area contributed by atoms with E-state index in [-0.39, 0.29) is 24.2 Å². The maximum absolute atomic E-state index is 12.1. The monoisotopic (exact) mass is 283 g/mol. The van der Waals surface area contributed by atoms with E-state index in [9.17, 15) is 4.79 Å². The average molecular weight is 284 g/mol. The molecule has 1 fully saturated rings. The molecule has 0 aliphatic carbocycles. The van der Waals surface area contributed by atoms with Gasteiger partial charge in [-0.2, -0.15) is 0 Å². The normalized spacial score (nSPS) is 22.4. The van der Waals surface area contributed by atoms with Gasteiger partial charge >= 0.3 is 0 Å².